The van der Waals surface area contributed by atoms with Crippen LogP contribution in [0.25, 0.3) is 0 Å². The molecule has 3 heterocycles. The molecule has 0 amide bonds. The molecule has 2 saturated heterocycles. The minimum atomic E-state index is -0.176. The Bertz CT molecular complexity index is 897. The second-order valence-corrected chi connectivity index (χ2v) is 9.19. The molecule has 0 unspecified atom stereocenters. The number of ether oxygens (including phenoxy) is 1. The van der Waals surface area contributed by atoms with Crippen LogP contribution >= 0.6 is 35.0 Å². The number of aromatic amines is 1. The summed E-state index contributed by atoms with van der Waals surface area (Å²) in [5, 5.41) is 1.60. The highest BCUT2D eigenvalue weighted by molar-refractivity contribution is 7.99. The van der Waals surface area contributed by atoms with E-state index in [2.05, 4.69) is 21.8 Å². The zero-order valence-electron chi connectivity index (χ0n) is 15.0. The second kappa shape index (κ2) is 7.66. The van der Waals surface area contributed by atoms with Crippen molar-refractivity contribution in [3.8, 4) is 0 Å². The predicted molar refractivity (Wildman–Crippen MR) is 109 cm³/mol. The van der Waals surface area contributed by atoms with Gasteiger partial charge in [-0.2, -0.15) is 0 Å². The summed E-state index contributed by atoms with van der Waals surface area (Å²) in [7, 11) is 0. The largest absolute Gasteiger partial charge is 0.381 e. The molecule has 0 aliphatic carbocycles. The molecule has 2 aliphatic rings. The van der Waals surface area contributed by atoms with Crippen molar-refractivity contribution in [3.63, 3.8) is 0 Å². The van der Waals surface area contributed by atoms with E-state index in [0.29, 0.717) is 26.8 Å². The SMILES string of the molecule is C[C@H]1COCC12CCN(c1ncc(Sc3cccc(Cl)c3Cl)[nH]c1=O)CC2. The molecule has 2 fully saturated rings. The van der Waals surface area contributed by atoms with E-state index in [0.717, 1.165) is 44.0 Å². The summed E-state index contributed by atoms with van der Waals surface area (Å²) < 4.78 is 5.68. The standard InChI is InChI=1S/C19H21Cl2N3O2S/c1-12-10-26-11-19(12)5-7-24(8-6-19)17-18(25)23-15(9-22-17)27-14-4-2-3-13(20)16(14)21/h2-4,9,12H,5-8,10-11H2,1H3,(H,23,25)/t12-/m0/s1. The molecule has 0 saturated carbocycles. The van der Waals surface area contributed by atoms with Gasteiger partial charge in [-0.15, -0.1) is 0 Å². The summed E-state index contributed by atoms with van der Waals surface area (Å²) >= 11 is 13.6. The molecule has 1 aromatic heterocycles. The van der Waals surface area contributed by atoms with Crippen molar-refractivity contribution in [2.75, 3.05) is 31.2 Å². The smallest absolute Gasteiger partial charge is 0.291 e. The summed E-state index contributed by atoms with van der Waals surface area (Å²) in [6, 6.07) is 5.42. The third kappa shape index (κ3) is 3.73. The number of piperidine rings is 1. The van der Waals surface area contributed by atoms with Gasteiger partial charge in [0.25, 0.3) is 5.56 Å². The molecule has 2 aliphatic heterocycles. The Morgan fingerprint density at radius 2 is 2.11 bits per heavy atom. The highest BCUT2D eigenvalue weighted by Gasteiger charge is 2.43. The molecule has 144 valence electrons. The average molecular weight is 426 g/mol. The molecule has 0 radical (unpaired) electrons. The zero-order valence-corrected chi connectivity index (χ0v) is 17.3. The summed E-state index contributed by atoms with van der Waals surface area (Å²) in [4.78, 5) is 22.8. The van der Waals surface area contributed by atoms with E-state index >= 15 is 0 Å². The first-order chi connectivity index (χ1) is 13.0. The van der Waals surface area contributed by atoms with Gasteiger partial charge >= 0.3 is 0 Å². The van der Waals surface area contributed by atoms with Crippen molar-refractivity contribution < 1.29 is 4.74 Å². The lowest BCUT2D eigenvalue weighted by molar-refractivity contribution is 0.127. The normalized spacial score (nSPS) is 21.7. The van der Waals surface area contributed by atoms with Crippen molar-refractivity contribution in [1.82, 2.24) is 9.97 Å². The van der Waals surface area contributed by atoms with Crippen molar-refractivity contribution in [2.45, 2.75) is 29.7 Å². The van der Waals surface area contributed by atoms with Crippen LogP contribution in [-0.2, 0) is 4.74 Å². The number of hydrogen-bond donors (Lipinski definition) is 1. The van der Waals surface area contributed by atoms with Crippen LogP contribution in [0.4, 0.5) is 5.82 Å². The average Bonchev–Trinajstić information content (AvgIpc) is 3.00. The summed E-state index contributed by atoms with van der Waals surface area (Å²) in [6.07, 6.45) is 3.75. The van der Waals surface area contributed by atoms with Gasteiger partial charge in [-0.3, -0.25) is 4.79 Å². The molecule has 5 nitrogen and oxygen atoms in total. The molecule has 27 heavy (non-hydrogen) atoms. The number of halogens is 2. The molecule has 8 heteroatoms. The fourth-order valence-corrected chi connectivity index (χ4v) is 5.20. The zero-order chi connectivity index (χ0) is 19.0. The van der Waals surface area contributed by atoms with Gasteiger partial charge in [0.2, 0.25) is 0 Å². The van der Waals surface area contributed by atoms with E-state index in [4.69, 9.17) is 27.9 Å². The van der Waals surface area contributed by atoms with Crippen LogP contribution in [-0.4, -0.2) is 36.3 Å². The quantitative estimate of drug-likeness (QED) is 0.784. The first-order valence-electron chi connectivity index (χ1n) is 9.02. The van der Waals surface area contributed by atoms with Gasteiger partial charge in [0, 0.05) is 30.0 Å². The van der Waals surface area contributed by atoms with Crippen molar-refractivity contribution in [1.29, 1.82) is 0 Å². The van der Waals surface area contributed by atoms with Crippen LogP contribution in [0, 0.1) is 11.3 Å². The minimum absolute atomic E-state index is 0.176. The Balaban J connectivity index is 1.48. The molecule has 0 bridgehead atoms. The van der Waals surface area contributed by atoms with E-state index in [9.17, 15) is 4.79 Å². The number of nitrogens with zero attached hydrogens (tertiary/aromatic N) is 2. The Morgan fingerprint density at radius 1 is 1.33 bits per heavy atom. The maximum absolute atomic E-state index is 12.6. The summed E-state index contributed by atoms with van der Waals surface area (Å²) in [5.74, 6) is 1.06. The Hall–Kier alpha value is -1.21. The van der Waals surface area contributed by atoms with Gasteiger partial charge in [0.15, 0.2) is 5.82 Å². The fourth-order valence-electron chi connectivity index (χ4n) is 3.90. The fraction of sp³-hybridized carbons (Fsp3) is 0.474. The van der Waals surface area contributed by atoms with E-state index in [1.54, 1.807) is 12.3 Å². The van der Waals surface area contributed by atoms with Crippen LogP contribution < -0.4 is 10.5 Å². The maximum atomic E-state index is 12.6. The Labute approximate surface area is 172 Å². The van der Waals surface area contributed by atoms with Gasteiger partial charge in [-0.25, -0.2) is 4.98 Å². The molecular formula is C19H21Cl2N3O2S. The van der Waals surface area contributed by atoms with E-state index in [-0.39, 0.29) is 11.0 Å². The van der Waals surface area contributed by atoms with Crippen LogP contribution in [0.1, 0.15) is 19.8 Å². The second-order valence-electron chi connectivity index (χ2n) is 7.32. The number of rotatable bonds is 3. The molecule has 1 atom stereocenters. The first kappa shape index (κ1) is 19.1. The van der Waals surface area contributed by atoms with E-state index < -0.39 is 0 Å². The molecule has 4 rings (SSSR count). The number of benzene rings is 1. The number of hydrogen-bond acceptors (Lipinski definition) is 5. The molecular weight excluding hydrogens is 405 g/mol. The number of nitrogens with one attached hydrogen (secondary N) is 1. The van der Waals surface area contributed by atoms with Crippen molar-refractivity contribution >= 4 is 40.8 Å². The highest BCUT2D eigenvalue weighted by Crippen LogP contribution is 2.43. The topological polar surface area (TPSA) is 58.2 Å². The van der Waals surface area contributed by atoms with Gasteiger partial charge in [0.1, 0.15) is 0 Å². The summed E-state index contributed by atoms with van der Waals surface area (Å²) in [5.41, 5.74) is 0.0902. The van der Waals surface area contributed by atoms with Crippen LogP contribution in [0.2, 0.25) is 10.0 Å². The van der Waals surface area contributed by atoms with Crippen LogP contribution in [0.5, 0.6) is 0 Å². The minimum Gasteiger partial charge on any atom is -0.381 e. The third-order valence-electron chi connectivity index (χ3n) is 5.74. The van der Waals surface area contributed by atoms with Crippen LogP contribution in [0.15, 0.2) is 39.1 Å². The van der Waals surface area contributed by atoms with Gasteiger partial charge in [-0.1, -0.05) is 48.0 Å². The molecule has 1 spiro atoms. The van der Waals surface area contributed by atoms with E-state index in [1.807, 2.05) is 12.1 Å². The van der Waals surface area contributed by atoms with Crippen LogP contribution in [0.3, 0.4) is 0 Å². The maximum Gasteiger partial charge on any atom is 0.291 e. The van der Waals surface area contributed by atoms with Gasteiger partial charge < -0.3 is 14.6 Å². The monoisotopic (exact) mass is 425 g/mol. The Morgan fingerprint density at radius 3 is 2.78 bits per heavy atom. The lowest BCUT2D eigenvalue weighted by atomic mass is 9.72. The number of aromatic nitrogens is 2. The third-order valence-corrected chi connectivity index (χ3v) is 7.66. The van der Waals surface area contributed by atoms with Crippen molar-refractivity contribution in [3.05, 3.63) is 44.8 Å². The molecule has 2 aromatic rings. The highest BCUT2D eigenvalue weighted by atomic mass is 35.5. The van der Waals surface area contributed by atoms with E-state index in [1.165, 1.54) is 11.8 Å². The summed E-state index contributed by atoms with van der Waals surface area (Å²) in [6.45, 7) is 5.60. The molecule has 1 aromatic carbocycles. The van der Waals surface area contributed by atoms with Gasteiger partial charge in [0.05, 0.1) is 27.9 Å². The van der Waals surface area contributed by atoms with Crippen molar-refractivity contribution in [2.24, 2.45) is 11.3 Å². The lowest BCUT2D eigenvalue weighted by Gasteiger charge is -2.41. The lowest BCUT2D eigenvalue weighted by Crippen LogP contribution is -2.45. The predicted octanol–water partition coefficient (Wildman–Crippen LogP) is 4.48. The number of H-pyrrole nitrogens is 1. The number of anilines is 1. The molecule has 1 N–H and O–H groups in total. The Kier molecular flexibility index (Phi) is 5.43. The first-order valence-corrected chi connectivity index (χ1v) is 10.6. The van der Waals surface area contributed by atoms with Gasteiger partial charge in [-0.05, 0) is 30.9 Å².